The van der Waals surface area contributed by atoms with E-state index in [4.69, 9.17) is 19.9 Å². The largest absolute Gasteiger partial charge is 0.391 e. The predicted molar refractivity (Wildman–Crippen MR) is 128 cm³/mol. The van der Waals surface area contributed by atoms with Crippen LogP contribution in [0.25, 0.3) is 0 Å². The van der Waals surface area contributed by atoms with Gasteiger partial charge in [-0.25, -0.2) is 0 Å². The highest BCUT2D eigenvalue weighted by atomic mass is 16.5. The van der Waals surface area contributed by atoms with Gasteiger partial charge in [0.2, 0.25) is 0 Å². The second-order valence-corrected chi connectivity index (χ2v) is 8.66. The molecule has 5 nitrogen and oxygen atoms in total. The Morgan fingerprint density at radius 3 is 1.64 bits per heavy atom. The van der Waals surface area contributed by atoms with Gasteiger partial charge in [0.1, 0.15) is 6.10 Å². The summed E-state index contributed by atoms with van der Waals surface area (Å²) in [5, 5.41) is 10.7. The molecule has 0 saturated heterocycles. The molecule has 1 fully saturated rings. The zero-order valence-electron chi connectivity index (χ0n) is 18.8. The van der Waals surface area contributed by atoms with Crippen LogP contribution in [0.5, 0.6) is 0 Å². The molecule has 3 N–H and O–H groups in total. The highest BCUT2D eigenvalue weighted by molar-refractivity contribution is 5.15. The monoisotopic (exact) mass is 447 g/mol. The Bertz CT molecular complexity index is 938. The standard InChI is InChI=1S/C28H33NO4/c29-26-25(30)16-24(20-31-17-21-10-4-1-5-11-21)27(32-18-22-12-6-2-7-13-22)28(26)33-19-23-14-8-3-9-15-23/h1-15,24-28,30H,16-20,29H2/t24-,25+,26+,27-,28-/m0/s1. The molecule has 4 rings (SSSR count). The van der Waals surface area contributed by atoms with Crippen molar-refractivity contribution >= 4 is 0 Å². The molecule has 1 saturated carbocycles. The van der Waals surface area contributed by atoms with E-state index >= 15 is 0 Å². The first-order chi connectivity index (χ1) is 16.2. The summed E-state index contributed by atoms with van der Waals surface area (Å²) in [6, 6.07) is 29.6. The van der Waals surface area contributed by atoms with Gasteiger partial charge in [0.05, 0.1) is 44.7 Å². The third-order valence-corrected chi connectivity index (χ3v) is 6.17. The minimum Gasteiger partial charge on any atom is -0.391 e. The molecule has 33 heavy (non-hydrogen) atoms. The van der Waals surface area contributed by atoms with Crippen LogP contribution >= 0.6 is 0 Å². The second-order valence-electron chi connectivity index (χ2n) is 8.66. The minimum absolute atomic E-state index is 0.0343. The summed E-state index contributed by atoms with van der Waals surface area (Å²) < 4.78 is 18.7. The summed E-state index contributed by atoms with van der Waals surface area (Å²) >= 11 is 0. The number of rotatable bonds is 10. The highest BCUT2D eigenvalue weighted by Crippen LogP contribution is 2.31. The molecule has 0 spiro atoms. The Kier molecular flexibility index (Phi) is 8.64. The van der Waals surface area contributed by atoms with E-state index in [9.17, 15) is 5.11 Å². The molecule has 1 aliphatic carbocycles. The SMILES string of the molecule is N[C@H]1[C@H](OCc2ccccc2)[C@@H](OCc2ccccc2)[C@H](COCc2ccccc2)C[C@H]1O. The Hall–Kier alpha value is -2.54. The topological polar surface area (TPSA) is 73.9 Å². The van der Waals surface area contributed by atoms with Crippen LogP contribution in [-0.4, -0.2) is 36.1 Å². The molecule has 3 aromatic rings. The predicted octanol–water partition coefficient (Wildman–Crippen LogP) is 4.08. The van der Waals surface area contributed by atoms with Crippen molar-refractivity contribution < 1.29 is 19.3 Å². The Morgan fingerprint density at radius 1 is 0.667 bits per heavy atom. The van der Waals surface area contributed by atoms with E-state index < -0.39 is 18.2 Å². The van der Waals surface area contributed by atoms with E-state index in [0.717, 1.165) is 16.7 Å². The van der Waals surface area contributed by atoms with Crippen LogP contribution in [0.1, 0.15) is 23.1 Å². The Morgan fingerprint density at radius 2 is 1.12 bits per heavy atom. The van der Waals surface area contributed by atoms with Crippen molar-refractivity contribution in [3.05, 3.63) is 108 Å². The molecule has 0 heterocycles. The summed E-state index contributed by atoms with van der Waals surface area (Å²) in [7, 11) is 0. The van der Waals surface area contributed by atoms with Gasteiger partial charge in [0.15, 0.2) is 0 Å². The third-order valence-electron chi connectivity index (χ3n) is 6.17. The van der Waals surface area contributed by atoms with Crippen molar-refractivity contribution in [3.63, 3.8) is 0 Å². The summed E-state index contributed by atoms with van der Waals surface area (Å²) in [5.74, 6) is -0.0343. The Balaban J connectivity index is 1.46. The van der Waals surface area contributed by atoms with Gasteiger partial charge in [-0.3, -0.25) is 0 Å². The molecule has 0 unspecified atom stereocenters. The lowest BCUT2D eigenvalue weighted by atomic mass is 9.79. The van der Waals surface area contributed by atoms with Crippen LogP contribution in [0, 0.1) is 5.92 Å². The van der Waals surface area contributed by atoms with Crippen molar-refractivity contribution in [1.82, 2.24) is 0 Å². The van der Waals surface area contributed by atoms with Crippen molar-refractivity contribution in [2.45, 2.75) is 50.6 Å². The molecule has 0 bridgehead atoms. The maximum atomic E-state index is 10.7. The van der Waals surface area contributed by atoms with Crippen LogP contribution in [0.3, 0.4) is 0 Å². The zero-order chi connectivity index (χ0) is 22.9. The van der Waals surface area contributed by atoms with E-state index in [0.29, 0.717) is 32.8 Å². The molecule has 5 heteroatoms. The lowest BCUT2D eigenvalue weighted by molar-refractivity contribution is -0.169. The fraction of sp³-hybridized carbons (Fsp3) is 0.357. The molecular weight excluding hydrogens is 414 g/mol. The Labute approximate surface area is 196 Å². The number of benzene rings is 3. The summed E-state index contributed by atoms with van der Waals surface area (Å²) in [6.07, 6.45) is -0.889. The first-order valence-electron chi connectivity index (χ1n) is 11.6. The molecule has 5 atom stereocenters. The maximum absolute atomic E-state index is 10.7. The van der Waals surface area contributed by atoms with E-state index in [1.54, 1.807) is 0 Å². The normalized spacial score (nSPS) is 25.1. The van der Waals surface area contributed by atoms with E-state index in [1.165, 1.54) is 0 Å². The van der Waals surface area contributed by atoms with Crippen LogP contribution in [-0.2, 0) is 34.0 Å². The van der Waals surface area contributed by atoms with Crippen LogP contribution in [0.4, 0.5) is 0 Å². The number of hydrogen-bond acceptors (Lipinski definition) is 5. The number of hydrogen-bond donors (Lipinski definition) is 2. The molecule has 174 valence electrons. The summed E-state index contributed by atoms with van der Waals surface area (Å²) in [4.78, 5) is 0. The van der Waals surface area contributed by atoms with Crippen molar-refractivity contribution in [1.29, 1.82) is 0 Å². The van der Waals surface area contributed by atoms with Gasteiger partial charge >= 0.3 is 0 Å². The van der Waals surface area contributed by atoms with Gasteiger partial charge in [0, 0.05) is 5.92 Å². The van der Waals surface area contributed by atoms with Crippen LogP contribution in [0.2, 0.25) is 0 Å². The first-order valence-corrected chi connectivity index (χ1v) is 11.6. The minimum atomic E-state index is -0.673. The molecule has 0 radical (unpaired) electrons. The maximum Gasteiger partial charge on any atom is 0.102 e. The van der Waals surface area contributed by atoms with Crippen molar-refractivity contribution in [3.8, 4) is 0 Å². The van der Waals surface area contributed by atoms with Gasteiger partial charge in [-0.1, -0.05) is 91.0 Å². The molecular formula is C28H33NO4. The molecule has 0 aliphatic heterocycles. The highest BCUT2D eigenvalue weighted by Gasteiger charge is 2.44. The van der Waals surface area contributed by atoms with Gasteiger partial charge in [-0.05, 0) is 23.1 Å². The molecule has 1 aliphatic rings. The van der Waals surface area contributed by atoms with Gasteiger partial charge in [0.25, 0.3) is 0 Å². The van der Waals surface area contributed by atoms with E-state index in [-0.39, 0.29) is 12.0 Å². The number of nitrogens with two attached hydrogens (primary N) is 1. The van der Waals surface area contributed by atoms with Gasteiger partial charge in [-0.2, -0.15) is 0 Å². The molecule has 3 aromatic carbocycles. The quantitative estimate of drug-likeness (QED) is 0.490. The smallest absolute Gasteiger partial charge is 0.102 e. The first kappa shape index (κ1) is 23.6. The second kappa shape index (κ2) is 12.1. The average molecular weight is 448 g/mol. The lowest BCUT2D eigenvalue weighted by Gasteiger charge is -2.43. The molecule has 0 aromatic heterocycles. The zero-order valence-corrected chi connectivity index (χ0v) is 18.8. The summed E-state index contributed by atoms with van der Waals surface area (Å²) in [5.41, 5.74) is 9.69. The number of aliphatic hydroxyl groups is 1. The molecule has 0 amide bonds. The van der Waals surface area contributed by atoms with Crippen molar-refractivity contribution in [2.24, 2.45) is 11.7 Å². The van der Waals surface area contributed by atoms with Crippen LogP contribution in [0.15, 0.2) is 91.0 Å². The van der Waals surface area contributed by atoms with E-state index in [1.807, 2.05) is 91.0 Å². The summed E-state index contributed by atoms with van der Waals surface area (Å²) in [6.45, 7) is 1.84. The number of ether oxygens (including phenoxy) is 3. The third kappa shape index (κ3) is 6.73. The van der Waals surface area contributed by atoms with Gasteiger partial charge < -0.3 is 25.1 Å². The van der Waals surface area contributed by atoms with Crippen LogP contribution < -0.4 is 5.73 Å². The number of aliphatic hydroxyl groups excluding tert-OH is 1. The van der Waals surface area contributed by atoms with Crippen molar-refractivity contribution in [2.75, 3.05) is 6.61 Å². The van der Waals surface area contributed by atoms with Gasteiger partial charge in [-0.15, -0.1) is 0 Å². The van der Waals surface area contributed by atoms with E-state index in [2.05, 4.69) is 0 Å². The fourth-order valence-corrected chi connectivity index (χ4v) is 4.34. The fourth-order valence-electron chi connectivity index (χ4n) is 4.34. The average Bonchev–Trinajstić information content (AvgIpc) is 2.86. The lowest BCUT2D eigenvalue weighted by Crippen LogP contribution is -2.60.